The molecule has 2 nitrogen and oxygen atoms in total. The first kappa shape index (κ1) is 10.2. The lowest BCUT2D eigenvalue weighted by atomic mass is 9.84. The zero-order valence-electron chi connectivity index (χ0n) is 8.17. The molecule has 0 saturated carbocycles. The van der Waals surface area contributed by atoms with Gasteiger partial charge < -0.3 is 9.67 Å². The Bertz CT molecular complexity index is 159. The van der Waals surface area contributed by atoms with Crippen LogP contribution in [-0.2, 0) is 0 Å². The summed E-state index contributed by atoms with van der Waals surface area (Å²) < 4.78 is 2.08. The minimum absolute atomic E-state index is 0.272. The molecule has 1 saturated heterocycles. The third-order valence-corrected chi connectivity index (χ3v) is 3.63. The van der Waals surface area contributed by atoms with Crippen molar-refractivity contribution in [2.24, 2.45) is 5.92 Å². The second-order valence-corrected chi connectivity index (χ2v) is 4.81. The Hall–Kier alpha value is 0.137. The van der Waals surface area contributed by atoms with Crippen LogP contribution in [0.2, 0.25) is 0 Å². The summed E-state index contributed by atoms with van der Waals surface area (Å²) in [7, 11) is 3.53. The molecule has 3 radical (unpaired) electrons. The molecular weight excluding hydrogens is 166 g/mol. The van der Waals surface area contributed by atoms with Gasteiger partial charge in [0.15, 0.2) is 0 Å². The standard InChI is InChI=1S/C9H18NOSi/c1-7(2)9(3,11)8-5-4-6-10(8)12/h7-8,11H,4-6H2,1-3H3/t8?,9-/m1/s1. The molecule has 1 aliphatic rings. The maximum atomic E-state index is 10.2. The van der Waals surface area contributed by atoms with Crippen LogP contribution in [-0.4, -0.2) is 38.3 Å². The number of hydrogen-bond acceptors (Lipinski definition) is 2. The molecule has 1 unspecified atom stereocenters. The summed E-state index contributed by atoms with van der Waals surface area (Å²) in [6, 6.07) is 0.272. The van der Waals surface area contributed by atoms with Gasteiger partial charge in [-0.15, -0.1) is 0 Å². The highest BCUT2D eigenvalue weighted by atomic mass is 28.2. The first-order valence-corrected chi connectivity index (χ1v) is 5.11. The van der Waals surface area contributed by atoms with Gasteiger partial charge in [-0.05, 0) is 32.2 Å². The van der Waals surface area contributed by atoms with Crippen LogP contribution in [0.5, 0.6) is 0 Å². The molecule has 0 aliphatic carbocycles. The van der Waals surface area contributed by atoms with Gasteiger partial charge in [0.2, 0.25) is 0 Å². The van der Waals surface area contributed by atoms with Crippen molar-refractivity contribution in [3.05, 3.63) is 0 Å². The average molecular weight is 184 g/mol. The number of nitrogens with zero attached hydrogens (tertiary/aromatic N) is 1. The topological polar surface area (TPSA) is 23.5 Å². The monoisotopic (exact) mass is 184 g/mol. The highest BCUT2D eigenvalue weighted by Gasteiger charge is 2.39. The van der Waals surface area contributed by atoms with E-state index < -0.39 is 5.60 Å². The Morgan fingerprint density at radius 1 is 1.58 bits per heavy atom. The van der Waals surface area contributed by atoms with Crippen molar-refractivity contribution in [2.75, 3.05) is 6.54 Å². The van der Waals surface area contributed by atoms with Crippen molar-refractivity contribution in [1.29, 1.82) is 0 Å². The molecule has 1 aliphatic heterocycles. The molecule has 1 rings (SSSR count). The van der Waals surface area contributed by atoms with Crippen molar-refractivity contribution in [3.63, 3.8) is 0 Å². The molecule has 0 amide bonds. The molecule has 0 bridgehead atoms. The van der Waals surface area contributed by atoms with Crippen LogP contribution < -0.4 is 0 Å². The summed E-state index contributed by atoms with van der Waals surface area (Å²) in [4.78, 5) is 0. The van der Waals surface area contributed by atoms with Crippen LogP contribution in [0.3, 0.4) is 0 Å². The van der Waals surface area contributed by atoms with Gasteiger partial charge in [-0.3, -0.25) is 0 Å². The smallest absolute Gasteiger partial charge is 0.144 e. The highest BCUT2D eigenvalue weighted by molar-refractivity contribution is 6.04. The SMILES string of the molecule is CC(C)[C@@](C)(O)C1CCCN1[Si]. The maximum absolute atomic E-state index is 10.2. The summed E-state index contributed by atoms with van der Waals surface area (Å²) in [6.07, 6.45) is 2.27. The Balaban J connectivity index is 2.67. The molecular formula is C9H18NOSi. The summed E-state index contributed by atoms with van der Waals surface area (Å²) in [5.74, 6) is 0.305. The first-order chi connectivity index (χ1) is 5.46. The average Bonchev–Trinajstić information content (AvgIpc) is 2.35. The molecule has 0 aromatic carbocycles. The van der Waals surface area contributed by atoms with Crippen molar-refractivity contribution < 1.29 is 5.11 Å². The van der Waals surface area contributed by atoms with E-state index in [1.165, 1.54) is 6.42 Å². The normalized spacial score (nSPS) is 31.0. The summed E-state index contributed by atoms with van der Waals surface area (Å²) >= 11 is 0. The van der Waals surface area contributed by atoms with Crippen LogP contribution in [0, 0.1) is 5.92 Å². The Kier molecular flexibility index (Phi) is 2.96. The van der Waals surface area contributed by atoms with E-state index in [-0.39, 0.29) is 6.04 Å². The predicted molar refractivity (Wildman–Crippen MR) is 50.9 cm³/mol. The van der Waals surface area contributed by atoms with Crippen LogP contribution in [0.15, 0.2) is 0 Å². The van der Waals surface area contributed by atoms with Crippen LogP contribution in [0.4, 0.5) is 0 Å². The van der Waals surface area contributed by atoms with E-state index in [4.69, 9.17) is 0 Å². The van der Waals surface area contributed by atoms with Gasteiger partial charge in [-0.2, -0.15) is 0 Å². The molecule has 0 aromatic rings. The lowest BCUT2D eigenvalue weighted by Gasteiger charge is -2.38. The molecule has 2 atom stereocenters. The van der Waals surface area contributed by atoms with Crippen molar-refractivity contribution in [3.8, 4) is 0 Å². The Morgan fingerprint density at radius 3 is 2.50 bits per heavy atom. The number of rotatable bonds is 2. The van der Waals surface area contributed by atoms with Gasteiger partial charge in [0.05, 0.1) is 5.60 Å². The van der Waals surface area contributed by atoms with E-state index in [0.717, 1.165) is 13.0 Å². The van der Waals surface area contributed by atoms with E-state index >= 15 is 0 Å². The van der Waals surface area contributed by atoms with Gasteiger partial charge in [-0.1, -0.05) is 13.8 Å². The van der Waals surface area contributed by atoms with Gasteiger partial charge in [0.25, 0.3) is 0 Å². The van der Waals surface area contributed by atoms with Gasteiger partial charge in [-0.25, -0.2) is 0 Å². The fourth-order valence-corrected chi connectivity index (χ4v) is 2.31. The quantitative estimate of drug-likeness (QED) is 0.646. The van der Waals surface area contributed by atoms with Gasteiger partial charge in [0, 0.05) is 6.04 Å². The highest BCUT2D eigenvalue weighted by Crippen LogP contribution is 2.30. The van der Waals surface area contributed by atoms with E-state index in [1.807, 2.05) is 6.92 Å². The third-order valence-electron chi connectivity index (χ3n) is 3.10. The predicted octanol–water partition coefficient (Wildman–Crippen LogP) is 0.941. The number of hydrogen-bond donors (Lipinski definition) is 1. The third kappa shape index (κ3) is 1.73. The van der Waals surface area contributed by atoms with E-state index in [0.29, 0.717) is 5.92 Å². The first-order valence-electron chi connectivity index (χ1n) is 4.66. The molecule has 1 heterocycles. The van der Waals surface area contributed by atoms with Crippen molar-refractivity contribution >= 4 is 10.4 Å². The van der Waals surface area contributed by atoms with Gasteiger partial charge >= 0.3 is 0 Å². The second-order valence-electron chi connectivity index (χ2n) is 4.23. The van der Waals surface area contributed by atoms with Crippen LogP contribution in [0.1, 0.15) is 33.6 Å². The fraction of sp³-hybridized carbons (Fsp3) is 1.00. The molecule has 12 heavy (non-hydrogen) atoms. The van der Waals surface area contributed by atoms with Crippen molar-refractivity contribution in [2.45, 2.75) is 45.3 Å². The Morgan fingerprint density at radius 2 is 2.17 bits per heavy atom. The zero-order chi connectivity index (χ0) is 9.35. The zero-order valence-corrected chi connectivity index (χ0v) is 9.17. The molecule has 0 spiro atoms. The molecule has 0 aromatic heterocycles. The lowest BCUT2D eigenvalue weighted by Crippen LogP contribution is -2.50. The summed E-state index contributed by atoms with van der Waals surface area (Å²) in [6.45, 7) is 7.11. The van der Waals surface area contributed by atoms with Crippen LogP contribution >= 0.6 is 0 Å². The summed E-state index contributed by atoms with van der Waals surface area (Å²) in [5, 5.41) is 10.2. The summed E-state index contributed by atoms with van der Waals surface area (Å²) in [5.41, 5.74) is -0.571. The lowest BCUT2D eigenvalue weighted by molar-refractivity contribution is -0.0354. The fourth-order valence-electron chi connectivity index (χ4n) is 1.76. The second kappa shape index (κ2) is 3.48. The van der Waals surface area contributed by atoms with E-state index in [2.05, 4.69) is 28.8 Å². The maximum Gasteiger partial charge on any atom is 0.144 e. The van der Waals surface area contributed by atoms with Gasteiger partial charge in [0.1, 0.15) is 10.4 Å². The van der Waals surface area contributed by atoms with Crippen molar-refractivity contribution in [1.82, 2.24) is 4.57 Å². The molecule has 1 N–H and O–H groups in total. The minimum Gasteiger partial charge on any atom is -0.388 e. The molecule has 1 fully saturated rings. The van der Waals surface area contributed by atoms with Crippen LogP contribution in [0.25, 0.3) is 0 Å². The largest absolute Gasteiger partial charge is 0.388 e. The molecule has 3 heteroatoms. The Labute approximate surface area is 78.5 Å². The molecule has 69 valence electrons. The minimum atomic E-state index is -0.571. The van der Waals surface area contributed by atoms with E-state index in [1.54, 1.807) is 0 Å². The number of aliphatic hydroxyl groups is 1. The van der Waals surface area contributed by atoms with E-state index in [9.17, 15) is 5.11 Å².